The SMILES string of the molecule is Cc1ccc(-c2nc3[nH]c(=O)c(CCN4CCN(C)CC4)cc3cc2-c2ccc3ncccc3c2)o1. The molecule has 0 amide bonds. The Morgan fingerprint density at radius 3 is 2.67 bits per heavy atom. The van der Waals surface area contributed by atoms with E-state index in [0.717, 1.165) is 71.5 Å². The summed E-state index contributed by atoms with van der Waals surface area (Å²) in [6.45, 7) is 7.01. The number of rotatable bonds is 5. The normalized spacial score (nSPS) is 15.2. The van der Waals surface area contributed by atoms with E-state index in [1.54, 1.807) is 6.20 Å². The van der Waals surface area contributed by atoms with Crippen LogP contribution >= 0.6 is 0 Å². The average Bonchev–Trinajstić information content (AvgIpc) is 3.33. The number of H-pyrrole nitrogens is 1. The lowest BCUT2D eigenvalue weighted by Crippen LogP contribution is -2.45. The van der Waals surface area contributed by atoms with Crippen LogP contribution in [0.5, 0.6) is 0 Å². The monoisotopic (exact) mass is 479 g/mol. The molecule has 5 heterocycles. The summed E-state index contributed by atoms with van der Waals surface area (Å²) in [5.41, 5.74) is 4.92. The predicted molar refractivity (Wildman–Crippen MR) is 143 cm³/mol. The van der Waals surface area contributed by atoms with E-state index in [1.165, 1.54) is 0 Å². The number of aryl methyl sites for hydroxylation is 1. The third-order valence-corrected chi connectivity index (χ3v) is 7.09. The lowest BCUT2D eigenvalue weighted by atomic mass is 9.99. The third-order valence-electron chi connectivity index (χ3n) is 7.09. The summed E-state index contributed by atoms with van der Waals surface area (Å²) in [5, 5.41) is 1.97. The zero-order valence-corrected chi connectivity index (χ0v) is 20.6. The second-order valence-electron chi connectivity index (χ2n) is 9.66. The highest BCUT2D eigenvalue weighted by Crippen LogP contribution is 2.35. The van der Waals surface area contributed by atoms with Crippen molar-refractivity contribution in [2.24, 2.45) is 0 Å². The van der Waals surface area contributed by atoms with E-state index in [-0.39, 0.29) is 5.56 Å². The van der Waals surface area contributed by atoms with Crippen molar-refractivity contribution in [1.82, 2.24) is 24.8 Å². The van der Waals surface area contributed by atoms with Gasteiger partial charge in [0.15, 0.2) is 5.76 Å². The Morgan fingerprint density at radius 1 is 1.00 bits per heavy atom. The molecule has 0 saturated carbocycles. The maximum atomic E-state index is 13.0. The molecule has 0 unspecified atom stereocenters. The highest BCUT2D eigenvalue weighted by atomic mass is 16.3. The van der Waals surface area contributed by atoms with Crippen molar-refractivity contribution >= 4 is 21.9 Å². The molecule has 1 aliphatic heterocycles. The first-order valence-electron chi connectivity index (χ1n) is 12.4. The molecule has 5 aromatic rings. The van der Waals surface area contributed by atoms with E-state index in [1.807, 2.05) is 37.3 Å². The van der Waals surface area contributed by atoms with Crippen molar-refractivity contribution in [2.75, 3.05) is 39.8 Å². The Labute approximate surface area is 209 Å². The molecule has 0 spiro atoms. The van der Waals surface area contributed by atoms with Crippen molar-refractivity contribution in [3.8, 4) is 22.6 Å². The predicted octanol–water partition coefficient (Wildman–Crippen LogP) is 4.50. The van der Waals surface area contributed by atoms with E-state index in [2.05, 4.69) is 51.1 Å². The minimum atomic E-state index is -0.0739. The Kier molecular flexibility index (Phi) is 5.87. The highest BCUT2D eigenvalue weighted by molar-refractivity contribution is 5.92. The molecule has 1 N–H and O–H groups in total. The molecule has 0 atom stereocenters. The Bertz CT molecular complexity index is 1610. The van der Waals surface area contributed by atoms with Crippen LogP contribution in [0.4, 0.5) is 0 Å². The van der Waals surface area contributed by atoms with Crippen molar-refractivity contribution in [3.63, 3.8) is 0 Å². The molecule has 1 aromatic carbocycles. The summed E-state index contributed by atoms with van der Waals surface area (Å²) in [7, 11) is 2.15. The number of aromatic amines is 1. The minimum Gasteiger partial charge on any atom is -0.460 e. The largest absolute Gasteiger partial charge is 0.460 e. The molecular formula is C29H29N5O2. The van der Waals surface area contributed by atoms with Gasteiger partial charge in [0, 0.05) is 60.8 Å². The number of furan rings is 1. The van der Waals surface area contributed by atoms with Crippen molar-refractivity contribution in [2.45, 2.75) is 13.3 Å². The van der Waals surface area contributed by atoms with Crippen LogP contribution < -0.4 is 5.56 Å². The minimum absolute atomic E-state index is 0.0739. The second kappa shape index (κ2) is 9.33. The number of pyridine rings is 3. The molecule has 1 saturated heterocycles. The van der Waals surface area contributed by atoms with Gasteiger partial charge in [0.1, 0.15) is 17.1 Å². The van der Waals surface area contributed by atoms with Crippen LogP contribution in [0.25, 0.3) is 44.5 Å². The highest BCUT2D eigenvalue weighted by Gasteiger charge is 2.18. The second-order valence-corrected chi connectivity index (χ2v) is 9.66. The molecule has 0 radical (unpaired) electrons. The van der Waals surface area contributed by atoms with E-state index < -0.39 is 0 Å². The Balaban J connectivity index is 1.43. The third kappa shape index (κ3) is 4.43. The molecule has 182 valence electrons. The molecule has 1 aliphatic rings. The first-order valence-corrected chi connectivity index (χ1v) is 12.4. The molecule has 7 nitrogen and oxygen atoms in total. The van der Waals surface area contributed by atoms with E-state index in [4.69, 9.17) is 9.40 Å². The number of piperazine rings is 1. The van der Waals surface area contributed by atoms with Gasteiger partial charge in [-0.15, -0.1) is 0 Å². The fourth-order valence-electron chi connectivity index (χ4n) is 4.93. The van der Waals surface area contributed by atoms with Crippen molar-refractivity contribution in [3.05, 3.63) is 82.5 Å². The van der Waals surface area contributed by atoms with Gasteiger partial charge in [-0.1, -0.05) is 12.1 Å². The maximum absolute atomic E-state index is 13.0. The molecular weight excluding hydrogens is 450 g/mol. The molecule has 0 aliphatic carbocycles. The fraction of sp³-hybridized carbons (Fsp3) is 0.276. The van der Waals surface area contributed by atoms with Gasteiger partial charge in [-0.05, 0) is 68.4 Å². The average molecular weight is 480 g/mol. The van der Waals surface area contributed by atoms with Gasteiger partial charge < -0.3 is 19.2 Å². The molecule has 6 rings (SSSR count). The molecule has 36 heavy (non-hydrogen) atoms. The number of hydrogen-bond acceptors (Lipinski definition) is 6. The van der Waals surface area contributed by atoms with Gasteiger partial charge in [-0.2, -0.15) is 0 Å². The van der Waals surface area contributed by atoms with Crippen molar-refractivity contribution in [1.29, 1.82) is 0 Å². The van der Waals surface area contributed by atoms with Gasteiger partial charge in [0.25, 0.3) is 5.56 Å². The van der Waals surface area contributed by atoms with Crippen LogP contribution in [-0.2, 0) is 6.42 Å². The zero-order valence-electron chi connectivity index (χ0n) is 20.6. The van der Waals surface area contributed by atoms with Crippen LogP contribution in [-0.4, -0.2) is 64.5 Å². The first kappa shape index (κ1) is 22.6. The summed E-state index contributed by atoms with van der Waals surface area (Å²) in [4.78, 5) is 30.1. The van der Waals surface area contributed by atoms with E-state index >= 15 is 0 Å². The van der Waals surface area contributed by atoms with Crippen LogP contribution in [0.2, 0.25) is 0 Å². The molecule has 4 aromatic heterocycles. The summed E-state index contributed by atoms with van der Waals surface area (Å²) >= 11 is 0. The van der Waals surface area contributed by atoms with E-state index in [9.17, 15) is 4.79 Å². The maximum Gasteiger partial charge on any atom is 0.252 e. The number of nitrogens with zero attached hydrogens (tertiary/aromatic N) is 4. The van der Waals surface area contributed by atoms with Gasteiger partial charge in [0.2, 0.25) is 0 Å². The lowest BCUT2D eigenvalue weighted by Gasteiger charge is -2.32. The van der Waals surface area contributed by atoms with E-state index in [0.29, 0.717) is 23.5 Å². The number of fused-ring (bicyclic) bond motifs is 2. The zero-order chi connectivity index (χ0) is 24.6. The number of nitrogens with one attached hydrogen (secondary N) is 1. The van der Waals surface area contributed by atoms with Gasteiger partial charge in [-0.25, -0.2) is 4.98 Å². The van der Waals surface area contributed by atoms with Gasteiger partial charge >= 0.3 is 0 Å². The fourth-order valence-corrected chi connectivity index (χ4v) is 4.93. The first-order chi connectivity index (χ1) is 17.5. The van der Waals surface area contributed by atoms with Gasteiger partial charge in [-0.3, -0.25) is 9.78 Å². The number of benzene rings is 1. The number of hydrogen-bond donors (Lipinski definition) is 1. The quantitative estimate of drug-likeness (QED) is 0.400. The lowest BCUT2D eigenvalue weighted by molar-refractivity contribution is 0.155. The summed E-state index contributed by atoms with van der Waals surface area (Å²) in [6.07, 6.45) is 2.52. The Hall–Kier alpha value is -3.81. The van der Waals surface area contributed by atoms with Crippen LogP contribution in [0.15, 0.2) is 70.0 Å². The number of aromatic nitrogens is 3. The van der Waals surface area contributed by atoms with Crippen molar-refractivity contribution < 1.29 is 4.42 Å². The summed E-state index contributed by atoms with van der Waals surface area (Å²) in [6, 6.07) is 18.2. The van der Waals surface area contributed by atoms with Crippen LogP contribution in [0, 0.1) is 6.92 Å². The smallest absolute Gasteiger partial charge is 0.252 e. The molecule has 1 fully saturated rings. The van der Waals surface area contributed by atoms with Gasteiger partial charge in [0.05, 0.1) is 5.52 Å². The number of likely N-dealkylation sites (N-methyl/N-ethyl adjacent to an activating group) is 1. The Morgan fingerprint density at radius 2 is 1.86 bits per heavy atom. The standard InChI is InChI=1S/C29H29N5O2/c1-19-5-8-26(36-19)27-24(20-6-7-25-21(16-20)4-3-10-30-25)18-23-17-22(29(35)32-28(23)31-27)9-11-34-14-12-33(2)13-15-34/h3-8,10,16-18H,9,11-15H2,1-2H3,(H,31,32,35). The van der Waals surface area contributed by atoms with Crippen LogP contribution in [0.1, 0.15) is 11.3 Å². The molecule has 7 heteroatoms. The summed E-state index contributed by atoms with van der Waals surface area (Å²) in [5.74, 6) is 1.49. The topological polar surface area (TPSA) is 78.3 Å². The summed E-state index contributed by atoms with van der Waals surface area (Å²) < 4.78 is 5.96. The molecule has 0 bridgehead atoms. The van der Waals surface area contributed by atoms with Crippen LogP contribution in [0.3, 0.4) is 0 Å².